The minimum absolute atomic E-state index is 0.193. The summed E-state index contributed by atoms with van der Waals surface area (Å²) in [5, 5.41) is 3.28. The molecule has 0 fully saturated rings. The zero-order valence-electron chi connectivity index (χ0n) is 11.3. The Bertz CT molecular complexity index is 676. The number of rotatable bonds is 4. The van der Waals surface area contributed by atoms with Gasteiger partial charge in [-0.05, 0) is 35.9 Å². The first-order chi connectivity index (χ1) is 10.1. The fourth-order valence-electron chi connectivity index (χ4n) is 2.49. The van der Waals surface area contributed by atoms with E-state index < -0.39 is 0 Å². The molecule has 1 aliphatic heterocycles. The summed E-state index contributed by atoms with van der Waals surface area (Å²) in [6.07, 6.45) is 0.946. The van der Waals surface area contributed by atoms with Gasteiger partial charge in [-0.2, -0.15) is 0 Å². The minimum Gasteiger partial charge on any atom is -0.493 e. The molecule has 0 bridgehead atoms. The van der Waals surface area contributed by atoms with Crippen LogP contribution in [-0.4, -0.2) is 6.61 Å². The Hall–Kier alpha value is -0.910. The van der Waals surface area contributed by atoms with E-state index in [1.807, 2.05) is 0 Å². The van der Waals surface area contributed by atoms with Crippen LogP contribution in [0.3, 0.4) is 0 Å². The molecule has 21 heavy (non-hydrogen) atoms. The quantitative estimate of drug-likeness (QED) is 0.790. The molecule has 110 valence electrons. The van der Waals surface area contributed by atoms with E-state index in [4.69, 9.17) is 4.74 Å². The van der Waals surface area contributed by atoms with Crippen molar-refractivity contribution in [3.63, 3.8) is 0 Å². The molecule has 0 aliphatic carbocycles. The van der Waals surface area contributed by atoms with Crippen LogP contribution < -0.4 is 10.1 Å². The number of ether oxygens (including phenoxy) is 1. The molecule has 0 amide bonds. The minimum atomic E-state index is -0.193. The monoisotopic (exact) mass is 413 g/mol. The topological polar surface area (TPSA) is 21.3 Å². The van der Waals surface area contributed by atoms with Crippen LogP contribution in [0, 0.1) is 5.82 Å². The van der Waals surface area contributed by atoms with Gasteiger partial charge < -0.3 is 10.1 Å². The highest BCUT2D eigenvalue weighted by atomic mass is 79.9. The molecule has 2 aromatic carbocycles. The van der Waals surface area contributed by atoms with Crippen molar-refractivity contribution in [2.45, 2.75) is 19.5 Å². The third-order valence-corrected chi connectivity index (χ3v) is 4.42. The lowest BCUT2D eigenvalue weighted by Gasteiger charge is -2.11. The molecular formula is C16H14Br2FNO. The lowest BCUT2D eigenvalue weighted by atomic mass is 10.1. The number of benzene rings is 2. The summed E-state index contributed by atoms with van der Waals surface area (Å²) in [6, 6.07) is 9.12. The van der Waals surface area contributed by atoms with Crippen molar-refractivity contribution in [3.05, 3.63) is 61.8 Å². The summed E-state index contributed by atoms with van der Waals surface area (Å²) in [5.74, 6) is 0.779. The molecule has 0 radical (unpaired) electrons. The van der Waals surface area contributed by atoms with Crippen molar-refractivity contribution >= 4 is 31.9 Å². The molecule has 0 atom stereocenters. The van der Waals surface area contributed by atoms with Gasteiger partial charge in [0.15, 0.2) is 0 Å². The van der Waals surface area contributed by atoms with Crippen LogP contribution in [-0.2, 0) is 19.5 Å². The first kappa shape index (κ1) is 15.0. The van der Waals surface area contributed by atoms with E-state index >= 15 is 0 Å². The predicted octanol–water partition coefficient (Wildman–Crippen LogP) is 4.58. The van der Waals surface area contributed by atoms with Crippen molar-refractivity contribution in [2.75, 3.05) is 6.61 Å². The summed E-state index contributed by atoms with van der Waals surface area (Å²) in [7, 11) is 0. The molecular weight excluding hydrogens is 401 g/mol. The maximum atomic E-state index is 13.7. The van der Waals surface area contributed by atoms with Gasteiger partial charge in [-0.1, -0.05) is 31.9 Å². The van der Waals surface area contributed by atoms with Crippen molar-refractivity contribution in [1.29, 1.82) is 0 Å². The lowest BCUT2D eigenvalue weighted by Crippen LogP contribution is -2.14. The van der Waals surface area contributed by atoms with Crippen LogP contribution in [0.4, 0.5) is 4.39 Å². The zero-order valence-corrected chi connectivity index (χ0v) is 14.4. The van der Waals surface area contributed by atoms with E-state index in [0.717, 1.165) is 33.3 Å². The maximum absolute atomic E-state index is 13.7. The van der Waals surface area contributed by atoms with Crippen molar-refractivity contribution < 1.29 is 9.13 Å². The van der Waals surface area contributed by atoms with Gasteiger partial charge in [0.1, 0.15) is 11.6 Å². The van der Waals surface area contributed by atoms with Crippen molar-refractivity contribution in [3.8, 4) is 5.75 Å². The number of hydrogen-bond donors (Lipinski definition) is 1. The van der Waals surface area contributed by atoms with Gasteiger partial charge in [-0.3, -0.25) is 0 Å². The maximum Gasteiger partial charge on any atom is 0.127 e. The Labute approximate surface area is 140 Å². The Morgan fingerprint density at radius 3 is 2.67 bits per heavy atom. The highest BCUT2D eigenvalue weighted by Crippen LogP contribution is 2.32. The second-order valence-electron chi connectivity index (χ2n) is 4.99. The predicted molar refractivity (Wildman–Crippen MR) is 88.0 cm³/mol. The Kier molecular flexibility index (Phi) is 4.62. The average molecular weight is 415 g/mol. The second kappa shape index (κ2) is 6.46. The molecule has 0 aromatic heterocycles. The standard InChI is InChI=1S/C16H14Br2FNO/c17-13-1-2-15(19)11(6-13)8-20-9-12-7-14(18)5-10-3-4-21-16(10)12/h1-2,5-7,20H,3-4,8-9H2. The molecule has 2 aromatic rings. The molecule has 1 aliphatic rings. The van der Waals surface area contributed by atoms with Crippen LogP contribution in [0.2, 0.25) is 0 Å². The zero-order chi connectivity index (χ0) is 14.8. The lowest BCUT2D eigenvalue weighted by molar-refractivity contribution is 0.352. The number of nitrogens with one attached hydrogen (secondary N) is 1. The number of fused-ring (bicyclic) bond motifs is 1. The molecule has 0 saturated carbocycles. The Morgan fingerprint density at radius 2 is 1.81 bits per heavy atom. The third-order valence-electron chi connectivity index (χ3n) is 3.46. The molecule has 1 N–H and O–H groups in total. The fraction of sp³-hybridized carbons (Fsp3) is 0.250. The molecule has 3 rings (SSSR count). The normalized spacial score (nSPS) is 13.1. The molecule has 5 heteroatoms. The van der Waals surface area contributed by atoms with Gasteiger partial charge >= 0.3 is 0 Å². The number of halogens is 3. The van der Waals surface area contributed by atoms with Gasteiger partial charge in [0.25, 0.3) is 0 Å². The molecule has 0 saturated heterocycles. The summed E-state index contributed by atoms with van der Waals surface area (Å²) >= 11 is 6.89. The molecule has 2 nitrogen and oxygen atoms in total. The van der Waals surface area contributed by atoms with Crippen LogP contribution in [0.1, 0.15) is 16.7 Å². The van der Waals surface area contributed by atoms with E-state index in [1.54, 1.807) is 12.1 Å². The van der Waals surface area contributed by atoms with E-state index in [9.17, 15) is 4.39 Å². The Balaban J connectivity index is 1.70. The summed E-state index contributed by atoms with van der Waals surface area (Å²) in [6.45, 7) is 1.86. The first-order valence-corrected chi connectivity index (χ1v) is 8.31. The van der Waals surface area contributed by atoms with Crippen molar-refractivity contribution in [2.24, 2.45) is 0 Å². The Morgan fingerprint density at radius 1 is 1.05 bits per heavy atom. The molecule has 0 unspecified atom stereocenters. The van der Waals surface area contributed by atoms with Gasteiger partial charge in [0.05, 0.1) is 6.61 Å². The summed E-state index contributed by atoms with van der Waals surface area (Å²) < 4.78 is 21.3. The van der Waals surface area contributed by atoms with Gasteiger partial charge in [0, 0.05) is 39.6 Å². The van der Waals surface area contributed by atoms with Gasteiger partial charge in [-0.15, -0.1) is 0 Å². The second-order valence-corrected chi connectivity index (χ2v) is 6.82. The fourth-order valence-corrected chi connectivity index (χ4v) is 3.45. The van der Waals surface area contributed by atoms with Gasteiger partial charge in [-0.25, -0.2) is 4.39 Å². The van der Waals surface area contributed by atoms with Crippen LogP contribution in [0.25, 0.3) is 0 Å². The van der Waals surface area contributed by atoms with E-state index in [0.29, 0.717) is 18.7 Å². The smallest absolute Gasteiger partial charge is 0.127 e. The van der Waals surface area contributed by atoms with Crippen LogP contribution >= 0.6 is 31.9 Å². The highest BCUT2D eigenvalue weighted by Gasteiger charge is 2.17. The van der Waals surface area contributed by atoms with E-state index in [1.165, 1.54) is 11.6 Å². The molecule has 0 spiro atoms. The van der Waals surface area contributed by atoms with E-state index in [2.05, 4.69) is 49.3 Å². The largest absolute Gasteiger partial charge is 0.493 e. The van der Waals surface area contributed by atoms with Crippen molar-refractivity contribution in [1.82, 2.24) is 5.32 Å². The SMILES string of the molecule is Fc1ccc(Br)cc1CNCc1cc(Br)cc2c1OCC2. The van der Waals surface area contributed by atoms with Crippen LogP contribution in [0.15, 0.2) is 39.3 Å². The first-order valence-electron chi connectivity index (χ1n) is 6.72. The third kappa shape index (κ3) is 3.47. The van der Waals surface area contributed by atoms with Gasteiger partial charge in [0.2, 0.25) is 0 Å². The highest BCUT2D eigenvalue weighted by molar-refractivity contribution is 9.10. The summed E-state index contributed by atoms with van der Waals surface area (Å²) in [5.41, 5.74) is 2.99. The summed E-state index contributed by atoms with van der Waals surface area (Å²) in [4.78, 5) is 0. The molecule has 1 heterocycles. The number of hydrogen-bond acceptors (Lipinski definition) is 2. The van der Waals surface area contributed by atoms with E-state index in [-0.39, 0.29) is 5.82 Å². The van der Waals surface area contributed by atoms with Crippen LogP contribution in [0.5, 0.6) is 5.75 Å². The average Bonchev–Trinajstić information content (AvgIpc) is 2.90.